The zero-order valence-electron chi connectivity index (χ0n) is 9.17. The Morgan fingerprint density at radius 3 is 2.84 bits per heavy atom. The topological polar surface area (TPSA) is 104 Å². The molecule has 0 aliphatic carbocycles. The van der Waals surface area contributed by atoms with Gasteiger partial charge in [0, 0.05) is 0 Å². The van der Waals surface area contributed by atoms with E-state index in [0.29, 0.717) is 5.01 Å². The van der Waals surface area contributed by atoms with Gasteiger partial charge in [-0.1, -0.05) is 11.3 Å². The fourth-order valence-corrected chi connectivity index (χ4v) is 2.34. The van der Waals surface area contributed by atoms with Gasteiger partial charge in [0.15, 0.2) is 5.01 Å². The fourth-order valence-electron chi connectivity index (χ4n) is 1.28. The first-order valence-electron chi connectivity index (χ1n) is 4.81. The van der Waals surface area contributed by atoms with Crippen LogP contribution < -0.4 is 10.5 Å². The van der Waals surface area contributed by atoms with Crippen molar-refractivity contribution in [1.82, 2.24) is 10.2 Å². The molecule has 2 N–H and O–H groups in total. The Labute approximate surface area is 118 Å². The number of nitro groups is 1. The van der Waals surface area contributed by atoms with E-state index < -0.39 is 16.4 Å². The van der Waals surface area contributed by atoms with Crippen molar-refractivity contribution in [3.63, 3.8) is 0 Å². The molecule has 1 aromatic heterocycles. The van der Waals surface area contributed by atoms with Gasteiger partial charge in [0.25, 0.3) is 0 Å². The van der Waals surface area contributed by atoms with Gasteiger partial charge in [-0.3, -0.25) is 10.1 Å². The molecule has 0 radical (unpaired) electrons. The molecule has 0 saturated heterocycles. The first-order valence-corrected chi connectivity index (χ1v) is 6.42. The lowest BCUT2D eigenvalue weighted by molar-refractivity contribution is -0.386. The Hall–Kier alpha value is -1.81. The van der Waals surface area contributed by atoms with Crippen LogP contribution in [0.1, 0.15) is 5.01 Å². The summed E-state index contributed by atoms with van der Waals surface area (Å²) in [5.74, 6) is -0.800. The molecule has 0 bridgehead atoms. The number of nitrogen functional groups attached to an aromatic ring is 1. The molecule has 7 nitrogen and oxygen atoms in total. The van der Waals surface area contributed by atoms with Gasteiger partial charge in [-0.15, -0.1) is 10.2 Å². The predicted molar refractivity (Wildman–Crippen MR) is 69.4 cm³/mol. The number of rotatable bonds is 4. The van der Waals surface area contributed by atoms with Crippen LogP contribution in [0.15, 0.2) is 16.6 Å². The lowest BCUT2D eigenvalue weighted by Gasteiger charge is -2.07. The molecule has 100 valence electrons. The minimum atomic E-state index is -0.730. The normalized spacial score (nSPS) is 10.4. The van der Waals surface area contributed by atoms with Crippen molar-refractivity contribution in [2.45, 2.75) is 6.61 Å². The van der Waals surface area contributed by atoms with E-state index in [4.69, 9.17) is 10.5 Å². The van der Waals surface area contributed by atoms with E-state index in [9.17, 15) is 14.5 Å². The van der Waals surface area contributed by atoms with E-state index in [-0.39, 0.29) is 22.0 Å². The molecular weight excluding hydrogens is 343 g/mol. The van der Waals surface area contributed by atoms with Crippen molar-refractivity contribution >= 4 is 38.1 Å². The third-order valence-electron chi connectivity index (χ3n) is 2.01. The highest BCUT2D eigenvalue weighted by molar-refractivity contribution is 9.10. The molecule has 0 atom stereocenters. The highest BCUT2D eigenvalue weighted by Crippen LogP contribution is 2.36. The lowest BCUT2D eigenvalue weighted by Crippen LogP contribution is -2.00. The summed E-state index contributed by atoms with van der Waals surface area (Å²) in [5, 5.41) is 18.9. The van der Waals surface area contributed by atoms with Crippen LogP contribution in [0.4, 0.5) is 15.2 Å². The first-order chi connectivity index (χ1) is 8.97. The van der Waals surface area contributed by atoms with Crippen LogP contribution in [0.3, 0.4) is 0 Å². The van der Waals surface area contributed by atoms with E-state index in [1.54, 1.807) is 0 Å². The number of aromatic nitrogens is 2. The third-order valence-corrected chi connectivity index (χ3v) is 3.32. The summed E-state index contributed by atoms with van der Waals surface area (Å²) in [7, 11) is 0. The van der Waals surface area contributed by atoms with E-state index in [2.05, 4.69) is 26.1 Å². The maximum Gasteiger partial charge on any atom is 0.315 e. The zero-order chi connectivity index (χ0) is 14.0. The summed E-state index contributed by atoms with van der Waals surface area (Å²) in [4.78, 5) is 10.1. The van der Waals surface area contributed by atoms with Crippen molar-refractivity contribution in [3.05, 3.63) is 37.5 Å². The van der Waals surface area contributed by atoms with Crippen LogP contribution in [0.25, 0.3) is 0 Å². The van der Waals surface area contributed by atoms with Gasteiger partial charge >= 0.3 is 5.69 Å². The summed E-state index contributed by atoms with van der Waals surface area (Å²) in [6, 6.07) is 1.87. The molecule has 0 spiro atoms. The second kappa shape index (κ2) is 5.45. The number of hydrogen-bond donors (Lipinski definition) is 1. The summed E-state index contributed by atoms with van der Waals surface area (Å²) in [5.41, 5.74) is 4.93. The number of nitrogens with zero attached hydrogens (tertiary/aromatic N) is 3. The van der Waals surface area contributed by atoms with Crippen LogP contribution >= 0.6 is 27.3 Å². The molecular formula is C9H6BrFN4O3S. The molecule has 0 fully saturated rings. The quantitative estimate of drug-likeness (QED) is 0.672. The number of nitro benzene ring substituents is 1. The van der Waals surface area contributed by atoms with Gasteiger partial charge in [0.1, 0.15) is 12.4 Å². The summed E-state index contributed by atoms with van der Waals surface area (Å²) < 4.78 is 18.5. The van der Waals surface area contributed by atoms with Crippen molar-refractivity contribution in [1.29, 1.82) is 0 Å². The van der Waals surface area contributed by atoms with E-state index >= 15 is 0 Å². The Kier molecular flexibility index (Phi) is 3.90. The average Bonchev–Trinajstić information content (AvgIpc) is 2.73. The minimum absolute atomic E-state index is 0.0417. The highest BCUT2D eigenvalue weighted by atomic mass is 79.9. The molecule has 0 saturated carbocycles. The molecule has 1 heterocycles. The molecule has 2 rings (SSSR count). The molecule has 1 aromatic carbocycles. The SMILES string of the molecule is Nc1nnc(COc2c(Br)cc(F)cc2[N+](=O)[O-])s1. The summed E-state index contributed by atoms with van der Waals surface area (Å²) in [6.07, 6.45) is 0. The lowest BCUT2D eigenvalue weighted by atomic mass is 10.3. The van der Waals surface area contributed by atoms with Crippen molar-refractivity contribution in [3.8, 4) is 5.75 Å². The van der Waals surface area contributed by atoms with E-state index in [0.717, 1.165) is 23.5 Å². The summed E-state index contributed by atoms with van der Waals surface area (Å²) in [6.45, 7) is -0.0417. The Balaban J connectivity index is 2.26. The van der Waals surface area contributed by atoms with Crippen molar-refractivity contribution < 1.29 is 14.1 Å². The van der Waals surface area contributed by atoms with Crippen LogP contribution in [0, 0.1) is 15.9 Å². The molecule has 10 heteroatoms. The Morgan fingerprint density at radius 1 is 1.53 bits per heavy atom. The van der Waals surface area contributed by atoms with E-state index in [1.165, 1.54) is 0 Å². The predicted octanol–water partition coefficient (Wildman–Crippen LogP) is 2.51. The monoisotopic (exact) mass is 348 g/mol. The van der Waals surface area contributed by atoms with Crippen LogP contribution in [-0.4, -0.2) is 15.1 Å². The minimum Gasteiger partial charge on any atom is -0.479 e. The molecule has 0 aliphatic rings. The van der Waals surface area contributed by atoms with Gasteiger partial charge in [-0.05, 0) is 22.0 Å². The van der Waals surface area contributed by atoms with Gasteiger partial charge in [-0.25, -0.2) is 4.39 Å². The maximum atomic E-state index is 13.1. The number of anilines is 1. The number of benzene rings is 1. The molecule has 0 aliphatic heterocycles. The average molecular weight is 349 g/mol. The zero-order valence-corrected chi connectivity index (χ0v) is 11.6. The third kappa shape index (κ3) is 3.15. The van der Waals surface area contributed by atoms with Crippen LogP contribution in [0.5, 0.6) is 5.75 Å². The van der Waals surface area contributed by atoms with Gasteiger partial charge in [0.05, 0.1) is 15.5 Å². The Morgan fingerprint density at radius 2 is 2.26 bits per heavy atom. The van der Waals surface area contributed by atoms with Crippen molar-refractivity contribution in [2.24, 2.45) is 0 Å². The van der Waals surface area contributed by atoms with E-state index in [1.807, 2.05) is 0 Å². The van der Waals surface area contributed by atoms with Crippen LogP contribution in [0.2, 0.25) is 0 Å². The summed E-state index contributed by atoms with van der Waals surface area (Å²) >= 11 is 4.12. The van der Waals surface area contributed by atoms with Crippen LogP contribution in [-0.2, 0) is 6.61 Å². The number of halogens is 2. The maximum absolute atomic E-state index is 13.1. The molecule has 0 amide bonds. The van der Waals surface area contributed by atoms with Gasteiger partial charge in [-0.2, -0.15) is 0 Å². The van der Waals surface area contributed by atoms with Gasteiger partial charge in [0.2, 0.25) is 10.9 Å². The largest absolute Gasteiger partial charge is 0.479 e. The standard InChI is InChI=1S/C9H6BrFN4O3S/c10-5-1-4(11)2-6(15(16)17)8(5)18-3-7-13-14-9(12)19-7/h1-2H,3H2,(H2,12,14). The molecule has 0 unspecified atom stereocenters. The number of hydrogen-bond acceptors (Lipinski definition) is 7. The number of nitrogens with two attached hydrogens (primary N) is 1. The number of ether oxygens (including phenoxy) is 1. The smallest absolute Gasteiger partial charge is 0.315 e. The molecule has 2 aromatic rings. The van der Waals surface area contributed by atoms with Gasteiger partial charge < -0.3 is 10.5 Å². The van der Waals surface area contributed by atoms with Crippen molar-refractivity contribution in [2.75, 3.05) is 5.73 Å². The fraction of sp³-hybridized carbons (Fsp3) is 0.111. The second-order valence-corrected chi connectivity index (χ2v) is 5.26. The highest BCUT2D eigenvalue weighted by Gasteiger charge is 2.21. The second-order valence-electron chi connectivity index (χ2n) is 3.32. The Bertz CT molecular complexity index is 636. The first kappa shape index (κ1) is 13.6. The molecule has 19 heavy (non-hydrogen) atoms.